The zero-order chi connectivity index (χ0) is 9.26. The van der Waals surface area contributed by atoms with E-state index >= 15 is 0 Å². The predicted molar refractivity (Wildman–Crippen MR) is 43.8 cm³/mol. The van der Waals surface area contributed by atoms with Gasteiger partial charge in [0.2, 0.25) is 5.82 Å². The number of nitrogens with zero attached hydrogens (tertiary/aromatic N) is 4. The number of hydrogen-bond donors (Lipinski definition) is 0. The van der Waals surface area contributed by atoms with E-state index in [-0.39, 0.29) is 5.82 Å². The highest BCUT2D eigenvalue weighted by atomic mass is 19.1. The summed E-state index contributed by atoms with van der Waals surface area (Å²) >= 11 is 0. The van der Waals surface area contributed by atoms with Crippen molar-refractivity contribution in [1.82, 2.24) is 20.0 Å². The second-order valence-corrected chi connectivity index (χ2v) is 2.58. The second kappa shape index (κ2) is 2.93. The first-order valence-electron chi connectivity index (χ1n) is 3.77. The van der Waals surface area contributed by atoms with E-state index in [0.29, 0.717) is 0 Å². The van der Waals surface area contributed by atoms with Crippen molar-refractivity contribution in [2.75, 3.05) is 0 Å². The molecule has 2 heterocycles. The Balaban J connectivity index is 2.52. The Hall–Kier alpha value is -1.78. The Labute approximate surface area is 74.0 Å². The summed E-state index contributed by atoms with van der Waals surface area (Å²) in [6.45, 7) is 1.78. The maximum absolute atomic E-state index is 13.1. The van der Waals surface area contributed by atoms with E-state index in [1.165, 1.54) is 23.1 Å². The van der Waals surface area contributed by atoms with Crippen LogP contribution in [0.2, 0.25) is 0 Å². The summed E-state index contributed by atoms with van der Waals surface area (Å²) in [5.74, 6) is -0.311. The molecule has 66 valence electrons. The highest BCUT2D eigenvalue weighted by Crippen LogP contribution is 2.06. The van der Waals surface area contributed by atoms with Crippen molar-refractivity contribution < 1.29 is 4.39 Å². The van der Waals surface area contributed by atoms with E-state index in [1.807, 2.05) is 0 Å². The Kier molecular flexibility index (Phi) is 1.77. The molecule has 0 spiro atoms. The van der Waals surface area contributed by atoms with E-state index in [9.17, 15) is 4.39 Å². The van der Waals surface area contributed by atoms with Crippen LogP contribution in [-0.2, 0) is 0 Å². The number of aromatic nitrogens is 4. The summed E-state index contributed by atoms with van der Waals surface area (Å²) in [6, 6.07) is 2.84. The van der Waals surface area contributed by atoms with Gasteiger partial charge in [-0.3, -0.25) is 0 Å². The van der Waals surface area contributed by atoms with Crippen molar-refractivity contribution in [1.29, 1.82) is 0 Å². The molecule has 13 heavy (non-hydrogen) atoms. The quantitative estimate of drug-likeness (QED) is 0.657. The standard InChI is InChI=1S/C8H7FN4/c1-6-5-11-13(12-6)8-7(9)3-2-4-10-8/h2-5H,1H3. The summed E-state index contributed by atoms with van der Waals surface area (Å²) in [6.07, 6.45) is 3.05. The maximum atomic E-state index is 13.1. The molecule has 0 unspecified atom stereocenters. The van der Waals surface area contributed by atoms with Crippen LogP contribution in [0.15, 0.2) is 24.5 Å². The molecule has 2 aromatic heterocycles. The van der Waals surface area contributed by atoms with E-state index in [1.54, 1.807) is 13.1 Å². The number of hydrogen-bond acceptors (Lipinski definition) is 3. The third kappa shape index (κ3) is 1.40. The first-order valence-corrected chi connectivity index (χ1v) is 3.77. The van der Waals surface area contributed by atoms with Gasteiger partial charge in [-0.2, -0.15) is 10.2 Å². The summed E-state index contributed by atoms with van der Waals surface area (Å²) in [5.41, 5.74) is 0.727. The van der Waals surface area contributed by atoms with Crippen molar-refractivity contribution in [3.05, 3.63) is 36.0 Å². The summed E-state index contributed by atoms with van der Waals surface area (Å²) < 4.78 is 13.1. The minimum atomic E-state index is -0.432. The van der Waals surface area contributed by atoms with Crippen molar-refractivity contribution >= 4 is 0 Å². The Morgan fingerprint density at radius 3 is 2.92 bits per heavy atom. The zero-order valence-electron chi connectivity index (χ0n) is 6.98. The van der Waals surface area contributed by atoms with Gasteiger partial charge in [-0.1, -0.05) is 0 Å². The van der Waals surface area contributed by atoms with Crippen LogP contribution in [0.4, 0.5) is 4.39 Å². The molecule has 4 nitrogen and oxygen atoms in total. The molecule has 0 aliphatic carbocycles. The summed E-state index contributed by atoms with van der Waals surface area (Å²) in [5, 5.41) is 7.79. The van der Waals surface area contributed by atoms with Gasteiger partial charge in [0.1, 0.15) is 0 Å². The van der Waals surface area contributed by atoms with Crippen molar-refractivity contribution in [2.45, 2.75) is 6.92 Å². The molecule has 2 rings (SSSR count). The monoisotopic (exact) mass is 178 g/mol. The number of aryl methyl sites for hydroxylation is 1. The van der Waals surface area contributed by atoms with Crippen LogP contribution in [0.1, 0.15) is 5.69 Å². The fourth-order valence-corrected chi connectivity index (χ4v) is 0.966. The van der Waals surface area contributed by atoms with Gasteiger partial charge in [0.05, 0.1) is 11.9 Å². The Morgan fingerprint density at radius 2 is 2.31 bits per heavy atom. The van der Waals surface area contributed by atoms with Crippen molar-refractivity contribution in [3.8, 4) is 5.82 Å². The SMILES string of the molecule is Cc1cnn(-c2ncccc2F)n1. The normalized spacial score (nSPS) is 10.3. The van der Waals surface area contributed by atoms with Gasteiger partial charge in [-0.25, -0.2) is 9.37 Å². The van der Waals surface area contributed by atoms with Crippen LogP contribution in [-0.4, -0.2) is 20.0 Å². The van der Waals surface area contributed by atoms with Crippen molar-refractivity contribution in [3.63, 3.8) is 0 Å². The van der Waals surface area contributed by atoms with E-state index < -0.39 is 5.82 Å². The fourth-order valence-electron chi connectivity index (χ4n) is 0.966. The molecule has 0 radical (unpaired) electrons. The predicted octanol–water partition coefficient (Wildman–Crippen LogP) is 1.11. The molecule has 0 aliphatic heterocycles. The molecule has 5 heteroatoms. The van der Waals surface area contributed by atoms with Gasteiger partial charge in [0, 0.05) is 6.20 Å². The highest BCUT2D eigenvalue weighted by molar-refractivity contribution is 5.20. The average Bonchev–Trinajstić information content (AvgIpc) is 2.53. The topological polar surface area (TPSA) is 43.6 Å². The molecule has 0 aliphatic rings. The average molecular weight is 178 g/mol. The first-order chi connectivity index (χ1) is 6.27. The molecule has 0 aromatic carbocycles. The van der Waals surface area contributed by atoms with Crippen molar-refractivity contribution in [2.24, 2.45) is 0 Å². The van der Waals surface area contributed by atoms with Crippen LogP contribution in [0.3, 0.4) is 0 Å². The van der Waals surface area contributed by atoms with E-state index in [2.05, 4.69) is 15.2 Å². The van der Waals surface area contributed by atoms with Gasteiger partial charge in [0.15, 0.2) is 5.82 Å². The molecule has 0 fully saturated rings. The molecule has 0 saturated carbocycles. The van der Waals surface area contributed by atoms with Crippen LogP contribution in [0, 0.1) is 12.7 Å². The summed E-state index contributed by atoms with van der Waals surface area (Å²) in [4.78, 5) is 5.00. The van der Waals surface area contributed by atoms with Crippen LogP contribution >= 0.6 is 0 Å². The highest BCUT2D eigenvalue weighted by Gasteiger charge is 2.06. The lowest BCUT2D eigenvalue weighted by atomic mass is 10.4. The summed E-state index contributed by atoms with van der Waals surface area (Å²) in [7, 11) is 0. The fraction of sp³-hybridized carbons (Fsp3) is 0.125. The first kappa shape index (κ1) is 7.85. The lowest BCUT2D eigenvalue weighted by molar-refractivity contribution is 0.583. The Morgan fingerprint density at radius 1 is 1.46 bits per heavy atom. The lowest BCUT2D eigenvalue weighted by Crippen LogP contribution is -2.04. The molecule has 0 saturated heterocycles. The maximum Gasteiger partial charge on any atom is 0.210 e. The van der Waals surface area contributed by atoms with Crippen LogP contribution < -0.4 is 0 Å². The van der Waals surface area contributed by atoms with Gasteiger partial charge in [-0.15, -0.1) is 4.80 Å². The second-order valence-electron chi connectivity index (χ2n) is 2.58. The molecule has 2 aromatic rings. The van der Waals surface area contributed by atoms with E-state index in [4.69, 9.17) is 0 Å². The third-order valence-electron chi connectivity index (χ3n) is 1.53. The minimum Gasteiger partial charge on any atom is -0.233 e. The molecule has 0 atom stereocenters. The van der Waals surface area contributed by atoms with Crippen LogP contribution in [0.25, 0.3) is 5.82 Å². The lowest BCUT2D eigenvalue weighted by Gasteiger charge is -1.97. The van der Waals surface area contributed by atoms with Gasteiger partial charge in [0.25, 0.3) is 0 Å². The number of pyridine rings is 1. The largest absolute Gasteiger partial charge is 0.233 e. The van der Waals surface area contributed by atoms with Gasteiger partial charge in [-0.05, 0) is 19.1 Å². The third-order valence-corrected chi connectivity index (χ3v) is 1.53. The molecular weight excluding hydrogens is 171 g/mol. The zero-order valence-corrected chi connectivity index (χ0v) is 6.98. The minimum absolute atomic E-state index is 0.121. The Bertz CT molecular complexity index is 424. The molecule has 0 amide bonds. The smallest absolute Gasteiger partial charge is 0.210 e. The van der Waals surface area contributed by atoms with Crippen LogP contribution in [0.5, 0.6) is 0 Å². The molecule has 0 bridgehead atoms. The van der Waals surface area contributed by atoms with Gasteiger partial charge >= 0.3 is 0 Å². The van der Waals surface area contributed by atoms with E-state index in [0.717, 1.165) is 5.69 Å². The number of rotatable bonds is 1. The number of halogens is 1. The molecule has 0 N–H and O–H groups in total. The van der Waals surface area contributed by atoms with Gasteiger partial charge < -0.3 is 0 Å². The molecular formula is C8H7FN4.